The number of fused-ring (bicyclic) bond motifs is 1. The van der Waals surface area contributed by atoms with Crippen LogP contribution in [0, 0.1) is 20.8 Å². The van der Waals surface area contributed by atoms with Crippen LogP contribution in [0.15, 0.2) is 72.4 Å². The molecule has 1 amide bonds. The summed E-state index contributed by atoms with van der Waals surface area (Å²) in [4.78, 5) is 33.2. The Hall–Kier alpha value is -5.03. The molecule has 1 aliphatic rings. The van der Waals surface area contributed by atoms with Gasteiger partial charge >= 0.3 is 5.91 Å². The van der Waals surface area contributed by atoms with Crippen molar-refractivity contribution in [2.24, 2.45) is 0 Å². The van der Waals surface area contributed by atoms with Crippen molar-refractivity contribution in [1.82, 2.24) is 19.6 Å². The summed E-state index contributed by atoms with van der Waals surface area (Å²) in [5.41, 5.74) is 3.83. The van der Waals surface area contributed by atoms with Crippen LogP contribution >= 0.6 is 11.3 Å². The average Bonchev–Trinajstić information content (AvgIpc) is 3.67. The summed E-state index contributed by atoms with van der Waals surface area (Å²) in [7, 11) is 0. The molecule has 218 valence electrons. The number of nitrogens with zero attached hydrogens (tertiary/aromatic N) is 5. The molecule has 3 aromatic heterocycles. The van der Waals surface area contributed by atoms with E-state index in [0.29, 0.717) is 46.6 Å². The van der Waals surface area contributed by atoms with Gasteiger partial charge in [0, 0.05) is 6.20 Å². The Bertz CT molecular complexity index is 1890. The number of pyridine rings is 1. The van der Waals surface area contributed by atoms with Crippen molar-refractivity contribution < 1.29 is 24.2 Å². The number of aliphatic hydroxyl groups is 1. The van der Waals surface area contributed by atoms with E-state index in [2.05, 4.69) is 15.2 Å². The number of amides is 1. The fraction of sp³-hybridized carbons (Fsp3) is 0.219. The number of anilines is 1. The van der Waals surface area contributed by atoms with Crippen LogP contribution in [0.2, 0.25) is 0 Å². The largest absolute Gasteiger partial charge is 0.505 e. The maximum Gasteiger partial charge on any atom is 0.301 e. The second kappa shape index (κ2) is 11.3. The van der Waals surface area contributed by atoms with E-state index in [1.165, 1.54) is 16.2 Å². The lowest BCUT2D eigenvalue weighted by Gasteiger charge is -2.23. The Balaban J connectivity index is 1.50. The summed E-state index contributed by atoms with van der Waals surface area (Å²) in [5.74, 6) is -1.08. The topological polar surface area (TPSA) is 119 Å². The lowest BCUT2D eigenvalue weighted by molar-refractivity contribution is -0.132. The molecule has 1 unspecified atom stereocenters. The van der Waals surface area contributed by atoms with Crippen molar-refractivity contribution in [2.45, 2.75) is 40.3 Å². The zero-order valence-corrected chi connectivity index (χ0v) is 24.9. The zero-order chi connectivity index (χ0) is 30.2. The number of rotatable bonds is 8. The molecule has 1 N–H and O–H groups in total. The Kier molecular flexibility index (Phi) is 7.41. The van der Waals surface area contributed by atoms with E-state index in [0.717, 1.165) is 11.1 Å². The number of ether oxygens (including phenoxy) is 2. The second-order valence-corrected chi connectivity index (χ2v) is 11.3. The molecule has 6 rings (SSSR count). The highest BCUT2D eigenvalue weighted by Gasteiger charge is 2.49. The molecule has 0 bridgehead atoms. The molecule has 0 aliphatic carbocycles. The first kappa shape index (κ1) is 28.1. The van der Waals surface area contributed by atoms with Gasteiger partial charge in [0.1, 0.15) is 23.0 Å². The molecule has 0 saturated carbocycles. The van der Waals surface area contributed by atoms with Gasteiger partial charge in [-0.2, -0.15) is 0 Å². The molecule has 1 aliphatic heterocycles. The van der Waals surface area contributed by atoms with Gasteiger partial charge in [0.15, 0.2) is 17.3 Å². The molecule has 43 heavy (non-hydrogen) atoms. The number of carbonyl (C=O) groups is 2. The van der Waals surface area contributed by atoms with Crippen LogP contribution in [0.1, 0.15) is 46.1 Å². The molecule has 10 nitrogen and oxygen atoms in total. The smallest absolute Gasteiger partial charge is 0.301 e. The minimum atomic E-state index is -1.01. The first-order valence-corrected chi connectivity index (χ1v) is 14.6. The zero-order valence-electron chi connectivity index (χ0n) is 24.1. The van der Waals surface area contributed by atoms with E-state index in [1.54, 1.807) is 32.0 Å². The van der Waals surface area contributed by atoms with Crippen LogP contribution in [-0.4, -0.2) is 43.0 Å². The van der Waals surface area contributed by atoms with E-state index in [-0.39, 0.29) is 22.2 Å². The summed E-state index contributed by atoms with van der Waals surface area (Å²) >= 11 is 1.18. The van der Waals surface area contributed by atoms with Gasteiger partial charge in [-0.05, 0) is 62.6 Å². The number of aryl methyl sites for hydroxylation is 3. The monoisotopic (exact) mass is 595 g/mol. The number of Topliss-reactive ketones (excluding diaryl/α,β-unsaturated/α-hetero) is 1. The molecular formula is C32H29N5O5S. The molecule has 2 aromatic carbocycles. The molecular weight excluding hydrogens is 566 g/mol. The number of hydrogen-bond donors (Lipinski definition) is 1. The normalized spacial score (nSPS) is 16.3. The highest BCUT2D eigenvalue weighted by molar-refractivity contribution is 7.15. The first-order valence-electron chi connectivity index (χ1n) is 13.8. The van der Waals surface area contributed by atoms with Crippen LogP contribution < -0.4 is 14.4 Å². The lowest BCUT2D eigenvalue weighted by Crippen LogP contribution is -2.29. The molecule has 1 fully saturated rings. The van der Waals surface area contributed by atoms with Gasteiger partial charge < -0.3 is 19.0 Å². The van der Waals surface area contributed by atoms with Crippen molar-refractivity contribution >= 4 is 39.6 Å². The Morgan fingerprint density at radius 2 is 1.77 bits per heavy atom. The van der Waals surface area contributed by atoms with E-state index in [4.69, 9.17) is 9.47 Å². The fourth-order valence-electron chi connectivity index (χ4n) is 5.22. The van der Waals surface area contributed by atoms with Crippen molar-refractivity contribution in [3.63, 3.8) is 0 Å². The molecule has 1 saturated heterocycles. The molecule has 1 atom stereocenters. The van der Waals surface area contributed by atoms with Crippen LogP contribution in [0.4, 0.5) is 5.13 Å². The number of benzene rings is 2. The average molecular weight is 596 g/mol. The predicted octanol–water partition coefficient (Wildman–Crippen LogP) is 5.72. The minimum Gasteiger partial charge on any atom is -0.505 e. The number of carbonyl (C=O) groups excluding carboxylic acids is 2. The van der Waals surface area contributed by atoms with E-state index in [9.17, 15) is 14.7 Å². The highest BCUT2D eigenvalue weighted by atomic mass is 32.1. The lowest BCUT2D eigenvalue weighted by atomic mass is 9.96. The third-order valence-corrected chi connectivity index (χ3v) is 8.13. The summed E-state index contributed by atoms with van der Waals surface area (Å²) < 4.78 is 13.9. The fourth-order valence-corrected chi connectivity index (χ4v) is 5.93. The highest BCUT2D eigenvalue weighted by Crippen LogP contribution is 2.45. The quantitative estimate of drug-likeness (QED) is 0.138. The van der Waals surface area contributed by atoms with Gasteiger partial charge in [0.25, 0.3) is 5.78 Å². The maximum atomic E-state index is 13.7. The standard InChI is InChI=1S/C32H29N5O5S/c1-5-41-24-16-22(13-14-23(24)42-17-21-11-7-6-8-12-21)27-25(29(39)31(40)37(27)32-35-34-20(4)43-32)28(38)26-19(3)36-15-9-10-18(2)30(36)33-26/h6-16,27,38H,5,17H2,1-4H3/b28-25+. The molecule has 4 heterocycles. The predicted molar refractivity (Wildman–Crippen MR) is 162 cm³/mol. The number of aliphatic hydroxyl groups excluding tert-OH is 1. The number of ketones is 1. The molecule has 5 aromatic rings. The van der Waals surface area contributed by atoms with Crippen LogP contribution in [0.3, 0.4) is 0 Å². The summed E-state index contributed by atoms with van der Waals surface area (Å²) in [5, 5.41) is 20.8. The summed E-state index contributed by atoms with van der Waals surface area (Å²) in [6.07, 6.45) is 1.84. The van der Waals surface area contributed by atoms with Gasteiger partial charge in [-0.1, -0.05) is 53.8 Å². The summed E-state index contributed by atoms with van der Waals surface area (Å²) in [6.45, 7) is 8.04. The molecule has 0 radical (unpaired) electrons. The first-order chi connectivity index (χ1) is 20.8. The van der Waals surface area contributed by atoms with Gasteiger partial charge in [-0.25, -0.2) is 4.98 Å². The molecule has 0 spiro atoms. The number of hydrogen-bond acceptors (Lipinski definition) is 9. The van der Waals surface area contributed by atoms with Crippen LogP contribution in [0.5, 0.6) is 11.5 Å². The molecule has 11 heteroatoms. The Morgan fingerprint density at radius 3 is 2.47 bits per heavy atom. The minimum absolute atomic E-state index is 0.0950. The van der Waals surface area contributed by atoms with Gasteiger partial charge in [-0.3, -0.25) is 14.5 Å². The Labute approximate surface area is 251 Å². The van der Waals surface area contributed by atoms with E-state index < -0.39 is 17.7 Å². The van der Waals surface area contributed by atoms with Crippen molar-refractivity contribution in [1.29, 1.82) is 0 Å². The van der Waals surface area contributed by atoms with E-state index >= 15 is 0 Å². The summed E-state index contributed by atoms with van der Waals surface area (Å²) in [6, 6.07) is 17.8. The van der Waals surface area contributed by atoms with Crippen molar-refractivity contribution in [2.75, 3.05) is 11.5 Å². The number of aromatic nitrogens is 4. The SMILES string of the molecule is CCOc1cc(C2/C(=C(\O)c3nc4c(C)cccn4c3C)C(=O)C(=O)N2c2nnc(C)s2)ccc1OCc1ccccc1. The van der Waals surface area contributed by atoms with E-state index in [1.807, 2.05) is 66.9 Å². The number of imidazole rings is 1. The van der Waals surface area contributed by atoms with Gasteiger partial charge in [0.2, 0.25) is 5.13 Å². The van der Waals surface area contributed by atoms with Gasteiger partial charge in [0.05, 0.1) is 23.9 Å². The van der Waals surface area contributed by atoms with Crippen LogP contribution in [0.25, 0.3) is 11.4 Å². The van der Waals surface area contributed by atoms with Crippen molar-refractivity contribution in [3.05, 3.63) is 106 Å². The maximum absolute atomic E-state index is 13.7. The third kappa shape index (κ3) is 5.01. The Morgan fingerprint density at radius 1 is 0.977 bits per heavy atom. The van der Waals surface area contributed by atoms with Gasteiger partial charge in [-0.15, -0.1) is 10.2 Å². The van der Waals surface area contributed by atoms with Crippen LogP contribution in [-0.2, 0) is 16.2 Å². The second-order valence-electron chi connectivity index (χ2n) is 10.1. The third-order valence-electron chi connectivity index (χ3n) is 7.29. The van der Waals surface area contributed by atoms with Crippen molar-refractivity contribution in [3.8, 4) is 11.5 Å².